The fourth-order valence-corrected chi connectivity index (χ4v) is 1.03. The first-order valence-electron chi connectivity index (χ1n) is 4.17. The zero-order valence-corrected chi connectivity index (χ0v) is 8.43. The van der Waals surface area contributed by atoms with Gasteiger partial charge in [0.15, 0.2) is 0 Å². The minimum atomic E-state index is -0.296. The lowest BCUT2D eigenvalue weighted by atomic mass is 10.0. The van der Waals surface area contributed by atoms with Crippen LogP contribution in [0.5, 0.6) is 0 Å². The maximum atomic E-state index is 11.4. The number of hydrogen-bond acceptors (Lipinski definition) is 2. The van der Waals surface area contributed by atoms with Crippen molar-refractivity contribution >= 4 is 18.3 Å². The van der Waals surface area contributed by atoms with Crippen LogP contribution in [0.3, 0.4) is 0 Å². The number of amides is 1. The molecule has 72 valence electrons. The molecule has 4 heteroatoms. The van der Waals surface area contributed by atoms with Crippen LogP contribution in [0.1, 0.15) is 20.3 Å². The van der Waals surface area contributed by atoms with Gasteiger partial charge in [0.05, 0.1) is 6.04 Å². The second-order valence-corrected chi connectivity index (χ2v) is 3.45. The molecule has 0 aromatic carbocycles. The number of nitrogens with two attached hydrogens (primary N) is 1. The fourth-order valence-electron chi connectivity index (χ4n) is 1.03. The Balaban J connectivity index is 0.00000121. The highest BCUT2D eigenvalue weighted by molar-refractivity contribution is 5.85. The summed E-state index contributed by atoms with van der Waals surface area (Å²) < 4.78 is 0. The van der Waals surface area contributed by atoms with Gasteiger partial charge in [-0.2, -0.15) is 0 Å². The van der Waals surface area contributed by atoms with Gasteiger partial charge in [-0.05, 0) is 12.3 Å². The molecule has 0 aliphatic carbocycles. The van der Waals surface area contributed by atoms with Crippen molar-refractivity contribution in [1.29, 1.82) is 0 Å². The molecule has 0 unspecified atom stereocenters. The fraction of sp³-hybridized carbons (Fsp3) is 0.875. The minimum Gasteiger partial charge on any atom is -0.341 e. The third-order valence-corrected chi connectivity index (χ3v) is 2.17. The van der Waals surface area contributed by atoms with Gasteiger partial charge < -0.3 is 10.6 Å². The van der Waals surface area contributed by atoms with Gasteiger partial charge in [-0.3, -0.25) is 4.79 Å². The van der Waals surface area contributed by atoms with Crippen LogP contribution in [0, 0.1) is 5.92 Å². The molecule has 0 aromatic rings. The molecule has 1 saturated heterocycles. The maximum Gasteiger partial charge on any atom is 0.239 e. The van der Waals surface area contributed by atoms with Crippen molar-refractivity contribution in [3.63, 3.8) is 0 Å². The standard InChI is InChI=1S/C8H16N2O.ClH/c1-6(2)7(9)8(11)10-4-3-5-10;/h6-7H,3-5,9H2,1-2H3;1H/t7-;/m1./s1. The Bertz CT molecular complexity index is 157. The van der Waals surface area contributed by atoms with Crippen LogP contribution < -0.4 is 5.73 Å². The van der Waals surface area contributed by atoms with Gasteiger partial charge in [-0.1, -0.05) is 13.8 Å². The topological polar surface area (TPSA) is 46.3 Å². The van der Waals surface area contributed by atoms with E-state index in [4.69, 9.17) is 5.73 Å². The van der Waals surface area contributed by atoms with Crippen LogP contribution >= 0.6 is 12.4 Å². The van der Waals surface area contributed by atoms with Crippen LogP contribution in [-0.2, 0) is 4.79 Å². The molecule has 1 atom stereocenters. The van der Waals surface area contributed by atoms with Crippen molar-refractivity contribution in [3.8, 4) is 0 Å². The van der Waals surface area contributed by atoms with Crippen LogP contribution in [0.4, 0.5) is 0 Å². The molecule has 1 amide bonds. The molecule has 1 heterocycles. The number of carbonyl (C=O) groups excluding carboxylic acids is 1. The summed E-state index contributed by atoms with van der Waals surface area (Å²) in [6.07, 6.45) is 1.14. The van der Waals surface area contributed by atoms with Crippen molar-refractivity contribution < 1.29 is 4.79 Å². The van der Waals surface area contributed by atoms with E-state index in [2.05, 4.69) is 0 Å². The average Bonchev–Trinajstić information content (AvgIpc) is 1.82. The molecule has 1 rings (SSSR count). The number of nitrogens with zero attached hydrogens (tertiary/aromatic N) is 1. The number of rotatable bonds is 2. The molecular formula is C8H17ClN2O. The maximum absolute atomic E-state index is 11.4. The highest BCUT2D eigenvalue weighted by Crippen LogP contribution is 2.10. The Hall–Kier alpha value is -0.280. The summed E-state index contributed by atoms with van der Waals surface area (Å²) >= 11 is 0. The van der Waals surface area contributed by atoms with Crippen molar-refractivity contribution in [2.45, 2.75) is 26.3 Å². The van der Waals surface area contributed by atoms with Gasteiger partial charge in [0, 0.05) is 13.1 Å². The lowest BCUT2D eigenvalue weighted by Crippen LogP contribution is -2.51. The first-order valence-corrected chi connectivity index (χ1v) is 4.17. The summed E-state index contributed by atoms with van der Waals surface area (Å²) in [5, 5.41) is 0. The number of hydrogen-bond donors (Lipinski definition) is 1. The predicted molar refractivity (Wildman–Crippen MR) is 51.3 cm³/mol. The minimum absolute atomic E-state index is 0. The Labute approximate surface area is 79.7 Å². The van der Waals surface area contributed by atoms with E-state index in [1.165, 1.54) is 0 Å². The molecular weight excluding hydrogens is 176 g/mol. The van der Waals surface area contributed by atoms with E-state index in [-0.39, 0.29) is 30.3 Å². The van der Waals surface area contributed by atoms with Crippen molar-refractivity contribution in [1.82, 2.24) is 4.90 Å². The normalized spacial score (nSPS) is 18.2. The van der Waals surface area contributed by atoms with Crippen molar-refractivity contribution in [2.75, 3.05) is 13.1 Å². The molecule has 1 fully saturated rings. The molecule has 0 radical (unpaired) electrons. The third kappa shape index (κ3) is 2.35. The first kappa shape index (κ1) is 11.7. The number of halogens is 1. The van der Waals surface area contributed by atoms with E-state index in [0.29, 0.717) is 0 Å². The summed E-state index contributed by atoms with van der Waals surface area (Å²) in [7, 11) is 0. The quantitative estimate of drug-likeness (QED) is 0.698. The molecule has 0 aromatic heterocycles. The molecule has 1 aliphatic rings. The second kappa shape index (κ2) is 4.67. The summed E-state index contributed by atoms with van der Waals surface area (Å²) in [5.74, 6) is 0.370. The summed E-state index contributed by atoms with van der Waals surface area (Å²) in [4.78, 5) is 13.2. The number of likely N-dealkylation sites (tertiary alicyclic amines) is 1. The van der Waals surface area contributed by atoms with E-state index >= 15 is 0 Å². The molecule has 2 N–H and O–H groups in total. The van der Waals surface area contributed by atoms with E-state index in [1.807, 2.05) is 18.7 Å². The summed E-state index contributed by atoms with van der Waals surface area (Å²) in [6, 6.07) is -0.296. The highest BCUT2D eigenvalue weighted by Gasteiger charge is 2.26. The molecule has 1 aliphatic heterocycles. The van der Waals surface area contributed by atoms with Crippen LogP contribution in [0.2, 0.25) is 0 Å². The van der Waals surface area contributed by atoms with Gasteiger partial charge >= 0.3 is 0 Å². The van der Waals surface area contributed by atoms with E-state index in [9.17, 15) is 4.79 Å². The Morgan fingerprint density at radius 3 is 2.17 bits per heavy atom. The molecule has 0 bridgehead atoms. The second-order valence-electron chi connectivity index (χ2n) is 3.45. The zero-order chi connectivity index (χ0) is 8.43. The van der Waals surface area contributed by atoms with Gasteiger partial charge in [-0.15, -0.1) is 12.4 Å². The summed E-state index contributed by atoms with van der Waals surface area (Å²) in [5.41, 5.74) is 5.68. The van der Waals surface area contributed by atoms with E-state index < -0.39 is 0 Å². The van der Waals surface area contributed by atoms with Gasteiger partial charge in [0.1, 0.15) is 0 Å². The van der Waals surface area contributed by atoms with Crippen molar-refractivity contribution in [3.05, 3.63) is 0 Å². The SMILES string of the molecule is CC(C)[C@@H](N)C(=O)N1CCC1.Cl. The first-order chi connectivity index (χ1) is 5.13. The summed E-state index contributed by atoms with van der Waals surface area (Å²) in [6.45, 7) is 5.75. The Morgan fingerprint density at radius 2 is 1.92 bits per heavy atom. The van der Waals surface area contributed by atoms with Crippen LogP contribution in [-0.4, -0.2) is 29.9 Å². The average molecular weight is 193 g/mol. The largest absolute Gasteiger partial charge is 0.341 e. The molecule has 12 heavy (non-hydrogen) atoms. The van der Waals surface area contributed by atoms with E-state index in [1.54, 1.807) is 0 Å². The molecule has 3 nitrogen and oxygen atoms in total. The van der Waals surface area contributed by atoms with Gasteiger partial charge in [-0.25, -0.2) is 0 Å². The highest BCUT2D eigenvalue weighted by atomic mass is 35.5. The monoisotopic (exact) mass is 192 g/mol. The lowest BCUT2D eigenvalue weighted by molar-refractivity contribution is -0.137. The molecule has 0 spiro atoms. The van der Waals surface area contributed by atoms with Crippen LogP contribution in [0.15, 0.2) is 0 Å². The molecule has 0 saturated carbocycles. The Morgan fingerprint density at radius 1 is 1.42 bits per heavy atom. The van der Waals surface area contributed by atoms with Crippen molar-refractivity contribution in [2.24, 2.45) is 11.7 Å². The Kier molecular flexibility index (Phi) is 4.57. The third-order valence-electron chi connectivity index (χ3n) is 2.17. The zero-order valence-electron chi connectivity index (χ0n) is 7.62. The predicted octanol–water partition coefficient (Wildman–Crippen LogP) is 0.624. The number of carbonyl (C=O) groups is 1. The van der Waals surface area contributed by atoms with Crippen LogP contribution in [0.25, 0.3) is 0 Å². The smallest absolute Gasteiger partial charge is 0.239 e. The lowest BCUT2D eigenvalue weighted by Gasteiger charge is -2.33. The van der Waals surface area contributed by atoms with E-state index in [0.717, 1.165) is 19.5 Å². The van der Waals surface area contributed by atoms with Gasteiger partial charge in [0.2, 0.25) is 5.91 Å². The van der Waals surface area contributed by atoms with Gasteiger partial charge in [0.25, 0.3) is 0 Å².